The fraction of sp³-hybridized carbons (Fsp3) is 0.278. The predicted molar refractivity (Wildman–Crippen MR) is 98.3 cm³/mol. The molecule has 0 saturated heterocycles. The van der Waals surface area contributed by atoms with Gasteiger partial charge in [0.25, 0.3) is 5.91 Å². The zero-order valence-electron chi connectivity index (χ0n) is 16.0. The first kappa shape index (κ1) is 22.6. The van der Waals surface area contributed by atoms with E-state index in [0.29, 0.717) is 4.90 Å². The van der Waals surface area contributed by atoms with Crippen molar-refractivity contribution in [3.05, 3.63) is 46.7 Å². The van der Waals surface area contributed by atoms with Crippen LogP contribution in [-0.2, 0) is 19.1 Å². The highest BCUT2D eigenvalue weighted by Crippen LogP contribution is 2.35. The van der Waals surface area contributed by atoms with Crippen molar-refractivity contribution in [2.45, 2.75) is 6.04 Å². The van der Waals surface area contributed by atoms with Crippen molar-refractivity contribution in [3.8, 4) is 0 Å². The highest BCUT2D eigenvalue weighted by molar-refractivity contribution is 6.02. The SMILES string of the molecule is C=NC(=O)CNC(=O)N1C(=O)NC(COC)=C(C(=O)OC)C1c1ccc(F)c(F)c1. The molecule has 1 aromatic carbocycles. The summed E-state index contributed by atoms with van der Waals surface area (Å²) in [6, 6.07) is -0.978. The maximum atomic E-state index is 13.9. The Bertz CT molecular complexity index is 933. The Hall–Kier alpha value is -3.67. The lowest BCUT2D eigenvalue weighted by atomic mass is 9.93. The van der Waals surface area contributed by atoms with E-state index in [0.717, 1.165) is 25.3 Å². The van der Waals surface area contributed by atoms with Gasteiger partial charge in [0, 0.05) is 7.11 Å². The molecule has 5 amide bonds. The van der Waals surface area contributed by atoms with Crippen LogP contribution in [0.15, 0.2) is 34.5 Å². The largest absolute Gasteiger partial charge is 0.466 e. The van der Waals surface area contributed by atoms with Crippen LogP contribution in [0.3, 0.4) is 0 Å². The summed E-state index contributed by atoms with van der Waals surface area (Å²) in [7, 11) is 2.37. The van der Waals surface area contributed by atoms with Crippen LogP contribution < -0.4 is 10.6 Å². The van der Waals surface area contributed by atoms with Crippen molar-refractivity contribution in [3.63, 3.8) is 0 Å². The lowest BCUT2D eigenvalue weighted by molar-refractivity contribution is -0.137. The minimum Gasteiger partial charge on any atom is -0.466 e. The summed E-state index contributed by atoms with van der Waals surface area (Å²) in [5, 5.41) is 4.49. The van der Waals surface area contributed by atoms with Crippen LogP contribution in [-0.4, -0.2) is 62.9 Å². The Balaban J connectivity index is 2.63. The van der Waals surface area contributed by atoms with Crippen molar-refractivity contribution in [1.29, 1.82) is 0 Å². The first-order valence-corrected chi connectivity index (χ1v) is 8.38. The van der Waals surface area contributed by atoms with Gasteiger partial charge in [0.05, 0.1) is 25.0 Å². The average molecular weight is 424 g/mol. The maximum absolute atomic E-state index is 13.9. The van der Waals surface area contributed by atoms with Gasteiger partial charge in [0.1, 0.15) is 12.6 Å². The minimum atomic E-state index is -1.50. The average Bonchev–Trinajstić information content (AvgIpc) is 2.72. The number of benzene rings is 1. The Morgan fingerprint density at radius 1 is 1.27 bits per heavy atom. The van der Waals surface area contributed by atoms with E-state index in [1.807, 2.05) is 0 Å². The first-order chi connectivity index (χ1) is 14.2. The number of nitrogens with one attached hydrogen (secondary N) is 2. The summed E-state index contributed by atoms with van der Waals surface area (Å²) in [6.45, 7) is 2.19. The number of amides is 5. The number of hydrogen-bond acceptors (Lipinski definition) is 6. The fourth-order valence-electron chi connectivity index (χ4n) is 2.77. The highest BCUT2D eigenvalue weighted by atomic mass is 19.2. The number of hydrogen-bond donors (Lipinski definition) is 2. The van der Waals surface area contributed by atoms with Crippen molar-refractivity contribution in [2.75, 3.05) is 27.4 Å². The molecular weight excluding hydrogens is 406 g/mol. The molecule has 160 valence electrons. The second kappa shape index (κ2) is 9.69. The van der Waals surface area contributed by atoms with Gasteiger partial charge in [-0.05, 0) is 24.4 Å². The van der Waals surface area contributed by atoms with Crippen LogP contribution in [0.1, 0.15) is 11.6 Å². The monoisotopic (exact) mass is 424 g/mol. The van der Waals surface area contributed by atoms with Crippen LogP contribution in [0.5, 0.6) is 0 Å². The number of ether oxygens (including phenoxy) is 2. The molecule has 1 aliphatic heterocycles. The number of carbonyl (C=O) groups is 4. The molecule has 12 heteroatoms. The number of methoxy groups -OCH3 is 2. The first-order valence-electron chi connectivity index (χ1n) is 8.38. The maximum Gasteiger partial charge on any atom is 0.338 e. The number of rotatable bonds is 6. The van der Waals surface area contributed by atoms with Crippen LogP contribution in [0.25, 0.3) is 0 Å². The smallest absolute Gasteiger partial charge is 0.338 e. The zero-order valence-corrected chi connectivity index (χ0v) is 16.0. The number of nitrogens with zero attached hydrogens (tertiary/aromatic N) is 2. The number of imide groups is 1. The van der Waals surface area contributed by atoms with Gasteiger partial charge in [-0.15, -0.1) is 0 Å². The van der Waals surface area contributed by atoms with E-state index in [2.05, 4.69) is 22.3 Å². The van der Waals surface area contributed by atoms with E-state index < -0.39 is 48.2 Å². The third kappa shape index (κ3) is 4.66. The summed E-state index contributed by atoms with van der Waals surface area (Å²) in [6.07, 6.45) is 0. The molecule has 0 aliphatic carbocycles. The van der Waals surface area contributed by atoms with Crippen molar-refractivity contribution in [2.24, 2.45) is 4.99 Å². The normalized spacial score (nSPS) is 16.1. The Kier molecular flexibility index (Phi) is 7.31. The Labute approximate surface area is 169 Å². The van der Waals surface area contributed by atoms with Crippen molar-refractivity contribution >= 4 is 30.7 Å². The van der Waals surface area contributed by atoms with Crippen LogP contribution in [0, 0.1) is 11.6 Å². The molecule has 0 bridgehead atoms. The molecule has 1 atom stereocenters. The lowest BCUT2D eigenvalue weighted by Gasteiger charge is -2.36. The van der Waals surface area contributed by atoms with Gasteiger partial charge in [0.15, 0.2) is 11.6 Å². The molecular formula is C18H18F2N4O6. The molecule has 2 rings (SSSR count). The molecule has 30 heavy (non-hydrogen) atoms. The summed E-state index contributed by atoms with van der Waals surface area (Å²) in [4.78, 5) is 52.7. The molecule has 2 N–H and O–H groups in total. The summed E-state index contributed by atoms with van der Waals surface area (Å²) >= 11 is 0. The van der Waals surface area contributed by atoms with Gasteiger partial charge in [-0.3, -0.25) is 4.79 Å². The van der Waals surface area contributed by atoms with Crippen LogP contribution >= 0.6 is 0 Å². The standard InChI is InChI=1S/C18H18F2N4O6/c1-21-13(25)7-22-17(27)24-15(9-4-5-10(19)11(20)6-9)14(16(26)30-3)12(8-29-2)23-18(24)28/h4-6,15H,1,7-8H2,2-3H3,(H,22,27)(H,23,28). The highest BCUT2D eigenvalue weighted by Gasteiger charge is 2.43. The van der Waals surface area contributed by atoms with Crippen LogP contribution in [0.2, 0.25) is 0 Å². The van der Waals surface area contributed by atoms with E-state index in [9.17, 15) is 28.0 Å². The van der Waals surface area contributed by atoms with Gasteiger partial charge >= 0.3 is 18.0 Å². The van der Waals surface area contributed by atoms with Gasteiger partial charge in [-0.1, -0.05) is 6.07 Å². The summed E-state index contributed by atoms with van der Waals surface area (Å²) < 4.78 is 37.1. The fourth-order valence-corrected chi connectivity index (χ4v) is 2.77. The third-order valence-corrected chi connectivity index (χ3v) is 4.07. The molecule has 1 unspecified atom stereocenters. The van der Waals surface area contributed by atoms with E-state index in [-0.39, 0.29) is 23.4 Å². The third-order valence-electron chi connectivity index (χ3n) is 4.07. The van der Waals surface area contributed by atoms with Gasteiger partial charge in [-0.2, -0.15) is 0 Å². The van der Waals surface area contributed by atoms with E-state index in [4.69, 9.17) is 9.47 Å². The zero-order chi connectivity index (χ0) is 22.4. The summed E-state index contributed by atoms with van der Waals surface area (Å²) in [5.74, 6) is -4.16. The molecule has 0 saturated carbocycles. The number of carbonyl (C=O) groups excluding carboxylic acids is 4. The molecule has 1 aliphatic rings. The van der Waals surface area contributed by atoms with E-state index >= 15 is 0 Å². The predicted octanol–water partition coefficient (Wildman–Crippen LogP) is 1.04. The number of esters is 1. The second-order valence-electron chi connectivity index (χ2n) is 5.90. The number of urea groups is 2. The summed E-state index contributed by atoms with van der Waals surface area (Å²) in [5.41, 5.74) is -0.369. The van der Waals surface area contributed by atoms with Gasteiger partial charge < -0.3 is 20.1 Å². The van der Waals surface area contributed by atoms with Gasteiger partial charge in [0.2, 0.25) is 0 Å². The quantitative estimate of drug-likeness (QED) is 0.519. The van der Waals surface area contributed by atoms with E-state index in [1.54, 1.807) is 0 Å². The van der Waals surface area contributed by atoms with Crippen LogP contribution in [0.4, 0.5) is 18.4 Å². The molecule has 0 fully saturated rings. The minimum absolute atomic E-state index is 0.0306. The second-order valence-corrected chi connectivity index (χ2v) is 5.90. The number of halogens is 2. The van der Waals surface area contributed by atoms with Gasteiger partial charge in [-0.25, -0.2) is 33.1 Å². The number of aliphatic imine (C=N–C) groups is 1. The molecule has 1 heterocycles. The Morgan fingerprint density at radius 3 is 2.53 bits per heavy atom. The lowest BCUT2D eigenvalue weighted by Crippen LogP contribution is -2.55. The molecule has 1 aromatic rings. The Morgan fingerprint density at radius 2 is 1.97 bits per heavy atom. The van der Waals surface area contributed by atoms with E-state index in [1.165, 1.54) is 7.11 Å². The molecule has 10 nitrogen and oxygen atoms in total. The molecule has 0 radical (unpaired) electrons. The van der Waals surface area contributed by atoms with Crippen molar-refractivity contribution in [1.82, 2.24) is 15.5 Å². The van der Waals surface area contributed by atoms with Crippen molar-refractivity contribution < 1.29 is 37.4 Å². The molecule has 0 spiro atoms. The topological polar surface area (TPSA) is 126 Å². The molecule has 0 aromatic heterocycles.